The smallest absolute Gasteiger partial charge is 0.261 e. The fourth-order valence-electron chi connectivity index (χ4n) is 1.68. The Labute approximate surface area is 105 Å². The minimum Gasteiger partial charge on any atom is -0.290 e. The van der Waals surface area contributed by atoms with Gasteiger partial charge in [0, 0.05) is 12.3 Å². The number of aromatic nitrogens is 2. The summed E-state index contributed by atoms with van der Waals surface area (Å²) >= 11 is 1.61. The second-order valence-corrected chi connectivity index (χ2v) is 5.99. The highest BCUT2D eigenvalue weighted by atomic mass is 32.2. The van der Waals surface area contributed by atoms with Crippen LogP contribution in [0.15, 0.2) is 28.2 Å². The van der Waals surface area contributed by atoms with E-state index in [4.69, 9.17) is 0 Å². The van der Waals surface area contributed by atoms with Gasteiger partial charge in [-0.25, -0.2) is 4.98 Å². The van der Waals surface area contributed by atoms with Crippen molar-refractivity contribution >= 4 is 22.7 Å². The van der Waals surface area contributed by atoms with Crippen molar-refractivity contribution in [2.45, 2.75) is 31.2 Å². The van der Waals surface area contributed by atoms with Crippen molar-refractivity contribution in [2.24, 2.45) is 7.05 Å². The van der Waals surface area contributed by atoms with Crippen LogP contribution in [0.2, 0.25) is 0 Å². The Morgan fingerprint density at radius 3 is 2.71 bits per heavy atom. The van der Waals surface area contributed by atoms with Gasteiger partial charge in [0.25, 0.3) is 5.56 Å². The number of aryl methyl sites for hydroxylation is 1. The molecule has 0 saturated heterocycles. The first kappa shape index (κ1) is 12.2. The average molecular weight is 248 g/mol. The third-order valence-electron chi connectivity index (χ3n) is 2.53. The molecule has 4 heteroatoms. The van der Waals surface area contributed by atoms with Gasteiger partial charge in [0.1, 0.15) is 0 Å². The van der Waals surface area contributed by atoms with Gasteiger partial charge in [-0.05, 0) is 19.1 Å². The van der Waals surface area contributed by atoms with Gasteiger partial charge in [0.15, 0.2) is 5.16 Å². The Bertz CT molecular complexity index is 617. The van der Waals surface area contributed by atoms with Gasteiger partial charge >= 0.3 is 0 Å². The van der Waals surface area contributed by atoms with Crippen LogP contribution in [0.1, 0.15) is 19.4 Å². The molecule has 0 spiro atoms. The van der Waals surface area contributed by atoms with Crippen molar-refractivity contribution in [1.29, 1.82) is 0 Å². The third kappa shape index (κ3) is 2.36. The lowest BCUT2D eigenvalue weighted by molar-refractivity contribution is 0.724. The molecule has 90 valence electrons. The highest BCUT2D eigenvalue weighted by molar-refractivity contribution is 7.99. The maximum absolute atomic E-state index is 12.2. The van der Waals surface area contributed by atoms with E-state index in [2.05, 4.69) is 18.8 Å². The van der Waals surface area contributed by atoms with Gasteiger partial charge in [-0.3, -0.25) is 9.36 Å². The van der Waals surface area contributed by atoms with Gasteiger partial charge in [-0.15, -0.1) is 0 Å². The highest BCUT2D eigenvalue weighted by Crippen LogP contribution is 2.21. The van der Waals surface area contributed by atoms with Gasteiger partial charge in [-0.1, -0.05) is 37.2 Å². The summed E-state index contributed by atoms with van der Waals surface area (Å²) in [5, 5.41) is 1.89. The predicted molar refractivity (Wildman–Crippen MR) is 72.7 cm³/mol. The lowest BCUT2D eigenvalue weighted by atomic mass is 10.2. The molecule has 1 aromatic carbocycles. The normalized spacial score (nSPS) is 11.4. The maximum atomic E-state index is 12.2. The van der Waals surface area contributed by atoms with E-state index in [-0.39, 0.29) is 5.56 Å². The fourth-order valence-corrected chi connectivity index (χ4v) is 2.49. The van der Waals surface area contributed by atoms with E-state index < -0.39 is 0 Å². The number of rotatable bonds is 2. The maximum Gasteiger partial charge on any atom is 0.261 e. The Balaban J connectivity index is 2.71. The zero-order valence-corrected chi connectivity index (χ0v) is 11.3. The molecule has 0 saturated carbocycles. The molecular weight excluding hydrogens is 232 g/mol. The number of benzene rings is 1. The van der Waals surface area contributed by atoms with E-state index in [1.54, 1.807) is 23.4 Å². The minimum atomic E-state index is 0.0295. The van der Waals surface area contributed by atoms with Crippen LogP contribution in [-0.2, 0) is 7.05 Å². The van der Waals surface area contributed by atoms with E-state index in [1.165, 1.54) is 0 Å². The summed E-state index contributed by atoms with van der Waals surface area (Å²) in [6.07, 6.45) is 0. The van der Waals surface area contributed by atoms with Crippen molar-refractivity contribution in [2.75, 3.05) is 0 Å². The molecule has 2 rings (SSSR count). The van der Waals surface area contributed by atoms with Crippen molar-refractivity contribution in [3.63, 3.8) is 0 Å². The summed E-state index contributed by atoms with van der Waals surface area (Å²) < 4.78 is 1.63. The summed E-state index contributed by atoms with van der Waals surface area (Å²) in [5.41, 5.74) is 1.89. The quantitative estimate of drug-likeness (QED) is 0.605. The molecular formula is C13H16N2OS. The number of hydrogen-bond acceptors (Lipinski definition) is 3. The van der Waals surface area contributed by atoms with E-state index in [0.29, 0.717) is 10.6 Å². The molecule has 0 aliphatic heterocycles. The largest absolute Gasteiger partial charge is 0.290 e. The monoisotopic (exact) mass is 248 g/mol. The third-order valence-corrected chi connectivity index (χ3v) is 3.58. The lowest BCUT2D eigenvalue weighted by Crippen LogP contribution is -2.20. The Morgan fingerprint density at radius 2 is 2.06 bits per heavy atom. The van der Waals surface area contributed by atoms with Crippen molar-refractivity contribution in [3.05, 3.63) is 34.1 Å². The molecule has 3 nitrogen and oxygen atoms in total. The highest BCUT2D eigenvalue weighted by Gasteiger charge is 2.09. The molecule has 0 bridgehead atoms. The molecule has 0 radical (unpaired) electrons. The standard InChI is InChI=1S/C13H16N2OS/c1-8(2)17-13-14-11-6-5-9(3)7-10(11)12(16)15(13)4/h5-8H,1-4H3. The van der Waals surface area contributed by atoms with Gasteiger partial charge in [0.2, 0.25) is 0 Å². The van der Waals surface area contributed by atoms with E-state index in [0.717, 1.165) is 16.2 Å². The van der Waals surface area contributed by atoms with Crippen LogP contribution in [0, 0.1) is 6.92 Å². The summed E-state index contributed by atoms with van der Waals surface area (Å²) in [7, 11) is 1.78. The molecule has 0 aliphatic carbocycles. The van der Waals surface area contributed by atoms with Crippen LogP contribution in [0.5, 0.6) is 0 Å². The molecule has 2 aromatic rings. The van der Waals surface area contributed by atoms with E-state index in [1.807, 2.05) is 25.1 Å². The molecule has 0 amide bonds. The molecule has 17 heavy (non-hydrogen) atoms. The lowest BCUT2D eigenvalue weighted by Gasteiger charge is -2.10. The zero-order chi connectivity index (χ0) is 12.6. The minimum absolute atomic E-state index is 0.0295. The van der Waals surface area contributed by atoms with Crippen LogP contribution in [0.4, 0.5) is 0 Å². The molecule has 0 N–H and O–H groups in total. The van der Waals surface area contributed by atoms with Gasteiger partial charge in [-0.2, -0.15) is 0 Å². The SMILES string of the molecule is Cc1ccc2nc(SC(C)C)n(C)c(=O)c2c1. The first-order valence-electron chi connectivity index (χ1n) is 5.63. The van der Waals surface area contributed by atoms with E-state index >= 15 is 0 Å². The zero-order valence-electron chi connectivity index (χ0n) is 10.5. The summed E-state index contributed by atoms with van der Waals surface area (Å²) in [5.74, 6) is 0. The van der Waals surface area contributed by atoms with Crippen molar-refractivity contribution < 1.29 is 0 Å². The molecule has 1 aromatic heterocycles. The van der Waals surface area contributed by atoms with Crippen molar-refractivity contribution in [3.8, 4) is 0 Å². The Morgan fingerprint density at radius 1 is 1.35 bits per heavy atom. The van der Waals surface area contributed by atoms with Gasteiger partial charge in [0.05, 0.1) is 10.9 Å². The number of fused-ring (bicyclic) bond motifs is 1. The Hall–Kier alpha value is -1.29. The molecule has 0 atom stereocenters. The van der Waals surface area contributed by atoms with Crippen LogP contribution in [0.3, 0.4) is 0 Å². The summed E-state index contributed by atoms with van der Waals surface area (Å²) in [6, 6.07) is 5.80. The first-order chi connectivity index (χ1) is 7.99. The number of thioether (sulfide) groups is 1. The van der Waals surface area contributed by atoms with Crippen LogP contribution >= 0.6 is 11.8 Å². The van der Waals surface area contributed by atoms with Crippen molar-refractivity contribution in [1.82, 2.24) is 9.55 Å². The van der Waals surface area contributed by atoms with Gasteiger partial charge < -0.3 is 0 Å². The molecule has 0 aliphatic rings. The van der Waals surface area contributed by atoms with Crippen LogP contribution in [0.25, 0.3) is 10.9 Å². The number of nitrogens with zero attached hydrogens (tertiary/aromatic N) is 2. The van der Waals surface area contributed by atoms with E-state index in [9.17, 15) is 4.79 Å². The van der Waals surface area contributed by atoms with Crippen LogP contribution < -0.4 is 5.56 Å². The Kier molecular flexibility index (Phi) is 3.24. The fraction of sp³-hybridized carbons (Fsp3) is 0.385. The first-order valence-corrected chi connectivity index (χ1v) is 6.51. The van der Waals surface area contributed by atoms with Crippen LogP contribution in [-0.4, -0.2) is 14.8 Å². The molecule has 1 heterocycles. The molecule has 0 fully saturated rings. The second-order valence-electron chi connectivity index (χ2n) is 4.45. The topological polar surface area (TPSA) is 34.9 Å². The second kappa shape index (κ2) is 4.53. The summed E-state index contributed by atoms with van der Waals surface area (Å²) in [6.45, 7) is 6.17. The predicted octanol–water partition coefficient (Wildman–Crippen LogP) is 2.74. The summed E-state index contributed by atoms with van der Waals surface area (Å²) in [4.78, 5) is 16.7. The number of hydrogen-bond donors (Lipinski definition) is 0. The average Bonchev–Trinajstić information content (AvgIpc) is 2.26. The molecule has 0 unspecified atom stereocenters.